The van der Waals surface area contributed by atoms with Gasteiger partial charge in [-0.3, -0.25) is 0 Å². The number of fused-ring (bicyclic) bond motifs is 2. The zero-order valence-electron chi connectivity index (χ0n) is 20.1. The quantitative estimate of drug-likeness (QED) is 0.323. The van der Waals surface area contributed by atoms with Gasteiger partial charge in [-0.2, -0.15) is 0 Å². The topological polar surface area (TPSA) is 119 Å². The second-order valence-corrected chi connectivity index (χ2v) is 11.3. The third-order valence-electron chi connectivity index (χ3n) is 9.58. The molecule has 0 aromatic heterocycles. The van der Waals surface area contributed by atoms with E-state index in [1.165, 1.54) is 0 Å². The third kappa shape index (κ3) is 2.81. The summed E-state index contributed by atoms with van der Waals surface area (Å²) in [5.41, 5.74) is 0.655. The molecule has 2 saturated heterocycles. The van der Waals surface area contributed by atoms with E-state index in [-0.39, 0.29) is 48.6 Å². The summed E-state index contributed by atoms with van der Waals surface area (Å²) in [6, 6.07) is 0. The van der Waals surface area contributed by atoms with Crippen molar-refractivity contribution in [3.05, 3.63) is 11.1 Å². The number of ether oxygens (including phenoxy) is 5. The maximum absolute atomic E-state index is 12.8. The highest BCUT2D eigenvalue weighted by Crippen LogP contribution is 2.79. The fraction of sp³-hybridized carbons (Fsp3) is 0.840. The fourth-order valence-electron chi connectivity index (χ4n) is 7.97. The summed E-state index contributed by atoms with van der Waals surface area (Å²) < 4.78 is 30.0. The zero-order chi connectivity index (χ0) is 23.9. The van der Waals surface area contributed by atoms with Crippen molar-refractivity contribution in [2.24, 2.45) is 23.2 Å². The molecule has 8 unspecified atom stereocenters. The molecule has 2 saturated carbocycles. The van der Waals surface area contributed by atoms with Crippen molar-refractivity contribution in [1.82, 2.24) is 5.32 Å². The van der Waals surface area contributed by atoms with Gasteiger partial charge in [-0.05, 0) is 43.1 Å². The van der Waals surface area contributed by atoms with Gasteiger partial charge in [0, 0.05) is 23.5 Å². The molecule has 3 heterocycles. The van der Waals surface area contributed by atoms with Gasteiger partial charge in [0.05, 0.1) is 32.0 Å². The lowest BCUT2D eigenvalue weighted by Crippen LogP contribution is -2.67. The number of cyclic esters (lactones) is 1. The van der Waals surface area contributed by atoms with Crippen molar-refractivity contribution >= 4 is 12.1 Å². The molecule has 2 N–H and O–H groups in total. The average molecular weight is 478 g/mol. The molecule has 9 nitrogen and oxygen atoms in total. The van der Waals surface area contributed by atoms with E-state index in [0.717, 1.165) is 30.4 Å². The Morgan fingerprint density at radius 1 is 1.24 bits per heavy atom. The predicted octanol–water partition coefficient (Wildman–Crippen LogP) is 1.71. The SMILES string of the molecule is CC(C)C1CC2OC23C2(C)CCC4=C(COC4=O)C2CC2OC23C1OC(=O)NCCOCCO. The Morgan fingerprint density at radius 3 is 2.82 bits per heavy atom. The molecular formula is C25H35NO8. The monoisotopic (exact) mass is 477 g/mol. The highest BCUT2D eigenvalue weighted by molar-refractivity contribution is 5.92. The summed E-state index contributed by atoms with van der Waals surface area (Å²) in [5, 5.41) is 11.6. The molecule has 4 fully saturated rings. The Balaban J connectivity index is 1.27. The maximum atomic E-state index is 12.8. The Kier molecular flexibility index (Phi) is 5.13. The number of esters is 1. The lowest BCUT2D eigenvalue weighted by atomic mass is 9.46. The largest absolute Gasteiger partial charge is 0.458 e. The van der Waals surface area contributed by atoms with Crippen LogP contribution in [0.3, 0.4) is 0 Å². The van der Waals surface area contributed by atoms with Crippen LogP contribution < -0.4 is 5.32 Å². The van der Waals surface area contributed by atoms with Crippen LogP contribution in [-0.2, 0) is 28.5 Å². The molecule has 8 atom stereocenters. The number of hydrogen-bond donors (Lipinski definition) is 2. The number of hydrogen-bond acceptors (Lipinski definition) is 8. The van der Waals surface area contributed by atoms with Gasteiger partial charge in [0.2, 0.25) is 0 Å². The molecule has 34 heavy (non-hydrogen) atoms. The molecule has 0 aromatic carbocycles. The number of nitrogens with one attached hydrogen (secondary N) is 1. The summed E-state index contributed by atoms with van der Waals surface area (Å²) in [4.78, 5) is 25.1. The van der Waals surface area contributed by atoms with Gasteiger partial charge in [-0.1, -0.05) is 20.8 Å². The summed E-state index contributed by atoms with van der Waals surface area (Å²) in [6.07, 6.45) is 2.31. The Hall–Kier alpha value is -1.68. The van der Waals surface area contributed by atoms with Gasteiger partial charge in [-0.25, -0.2) is 9.59 Å². The fourth-order valence-corrected chi connectivity index (χ4v) is 7.97. The van der Waals surface area contributed by atoms with Crippen molar-refractivity contribution in [1.29, 1.82) is 0 Å². The van der Waals surface area contributed by atoms with E-state index in [2.05, 4.69) is 26.1 Å². The second-order valence-electron chi connectivity index (χ2n) is 11.3. The number of epoxide rings is 2. The first kappa shape index (κ1) is 22.8. The van der Waals surface area contributed by atoms with Crippen molar-refractivity contribution in [3.8, 4) is 0 Å². The lowest BCUT2D eigenvalue weighted by molar-refractivity contribution is -0.136. The number of amides is 1. The van der Waals surface area contributed by atoms with E-state index >= 15 is 0 Å². The smallest absolute Gasteiger partial charge is 0.407 e. The van der Waals surface area contributed by atoms with Crippen LogP contribution in [0.5, 0.6) is 0 Å². The highest BCUT2D eigenvalue weighted by Gasteiger charge is 2.93. The molecule has 2 spiro atoms. The normalized spacial score (nSPS) is 45.4. The minimum Gasteiger partial charge on any atom is -0.458 e. The number of carbonyl (C=O) groups excluding carboxylic acids is 2. The van der Waals surface area contributed by atoms with Gasteiger partial charge in [-0.15, -0.1) is 0 Å². The van der Waals surface area contributed by atoms with Crippen LogP contribution in [0.1, 0.15) is 46.5 Å². The van der Waals surface area contributed by atoms with Gasteiger partial charge in [0.15, 0.2) is 5.60 Å². The maximum Gasteiger partial charge on any atom is 0.407 e. The van der Waals surface area contributed by atoms with Crippen LogP contribution in [0.15, 0.2) is 11.1 Å². The van der Waals surface area contributed by atoms with E-state index in [9.17, 15) is 9.59 Å². The number of alkyl carbamates (subject to hydrolysis) is 1. The van der Waals surface area contributed by atoms with E-state index in [0.29, 0.717) is 32.1 Å². The summed E-state index contributed by atoms with van der Waals surface area (Å²) in [6.45, 7) is 7.80. The molecule has 9 heteroatoms. The number of carbonyl (C=O) groups is 2. The third-order valence-corrected chi connectivity index (χ3v) is 9.58. The first-order valence-electron chi connectivity index (χ1n) is 12.7. The minimum absolute atomic E-state index is 0.0501. The number of aliphatic hydroxyl groups excluding tert-OH is 1. The first-order valence-corrected chi connectivity index (χ1v) is 12.7. The van der Waals surface area contributed by atoms with Crippen molar-refractivity contribution in [3.63, 3.8) is 0 Å². The lowest BCUT2D eigenvalue weighted by Gasteiger charge is -2.54. The van der Waals surface area contributed by atoms with Gasteiger partial charge in [0.1, 0.15) is 18.3 Å². The number of aliphatic hydroxyl groups is 1. The molecule has 6 aliphatic rings. The second kappa shape index (κ2) is 7.66. The van der Waals surface area contributed by atoms with E-state index < -0.39 is 23.4 Å². The van der Waals surface area contributed by atoms with Crippen LogP contribution >= 0.6 is 0 Å². The Labute approximate surface area is 199 Å². The van der Waals surface area contributed by atoms with E-state index in [1.807, 2.05) is 0 Å². The standard InChI is InChI=1S/C25H35NO8/c1-13(2)15-10-19-25(34-19)23(3)5-4-14-16(12-31-21(14)28)17(23)11-18-24(25,33-18)20(15)32-22(29)26-6-8-30-9-7-27/h13,15,17-20,27H,4-12H2,1-3H3,(H,26,29). The van der Waals surface area contributed by atoms with Gasteiger partial charge < -0.3 is 34.1 Å². The summed E-state index contributed by atoms with van der Waals surface area (Å²) >= 11 is 0. The molecule has 6 rings (SSSR count). The van der Waals surface area contributed by atoms with E-state index in [4.69, 9.17) is 28.8 Å². The number of rotatable bonds is 7. The molecule has 1 amide bonds. The van der Waals surface area contributed by atoms with Crippen molar-refractivity contribution in [2.75, 3.05) is 33.0 Å². The Bertz CT molecular complexity index is 934. The molecule has 188 valence electrons. The zero-order valence-corrected chi connectivity index (χ0v) is 20.1. The van der Waals surface area contributed by atoms with Gasteiger partial charge in [0.25, 0.3) is 0 Å². The molecule has 0 aromatic rings. The molecular weight excluding hydrogens is 442 g/mol. The summed E-state index contributed by atoms with van der Waals surface area (Å²) in [7, 11) is 0. The Morgan fingerprint density at radius 2 is 2.06 bits per heavy atom. The van der Waals surface area contributed by atoms with Crippen LogP contribution in [0, 0.1) is 23.2 Å². The first-order chi connectivity index (χ1) is 16.3. The molecule has 0 radical (unpaired) electrons. The van der Waals surface area contributed by atoms with Crippen LogP contribution in [0.2, 0.25) is 0 Å². The van der Waals surface area contributed by atoms with Crippen LogP contribution in [0.25, 0.3) is 0 Å². The molecule has 0 bridgehead atoms. The minimum atomic E-state index is -0.637. The summed E-state index contributed by atoms with van der Waals surface area (Å²) in [5.74, 6) is 0.457. The molecule has 3 aliphatic carbocycles. The van der Waals surface area contributed by atoms with Crippen LogP contribution in [0.4, 0.5) is 4.79 Å². The highest BCUT2D eigenvalue weighted by atomic mass is 16.7. The van der Waals surface area contributed by atoms with Gasteiger partial charge >= 0.3 is 12.1 Å². The predicted molar refractivity (Wildman–Crippen MR) is 118 cm³/mol. The molecule has 3 aliphatic heterocycles. The van der Waals surface area contributed by atoms with Crippen LogP contribution in [-0.4, -0.2) is 79.7 Å². The van der Waals surface area contributed by atoms with E-state index in [1.54, 1.807) is 0 Å². The van der Waals surface area contributed by atoms with Crippen molar-refractivity contribution < 1.29 is 38.4 Å². The average Bonchev–Trinajstić information content (AvgIpc) is 3.68. The van der Waals surface area contributed by atoms with Crippen molar-refractivity contribution in [2.45, 2.75) is 76.0 Å².